The third kappa shape index (κ3) is 3.35. The van der Waals surface area contributed by atoms with Gasteiger partial charge in [-0.05, 0) is 30.3 Å². The predicted octanol–water partition coefficient (Wildman–Crippen LogP) is 3.95. The molecule has 0 unspecified atom stereocenters. The minimum Gasteiger partial charge on any atom is -0.403 e. The highest BCUT2D eigenvalue weighted by atomic mass is 35.5. The minimum atomic E-state index is -0.442. The molecule has 1 aliphatic rings. The average molecular weight is 435 g/mol. The lowest BCUT2D eigenvalue weighted by molar-refractivity contribution is 0.548. The number of piperazine rings is 1. The summed E-state index contributed by atoms with van der Waals surface area (Å²) in [5, 5.41) is 5.25. The topological polar surface area (TPSA) is 71.3 Å². The van der Waals surface area contributed by atoms with Crippen molar-refractivity contribution in [3.8, 4) is 10.6 Å². The molecule has 1 aliphatic heterocycles. The zero-order valence-corrected chi connectivity index (χ0v) is 17.0. The molecule has 6 nitrogen and oxygen atoms in total. The second-order valence-electron chi connectivity index (χ2n) is 6.35. The van der Waals surface area contributed by atoms with Crippen LogP contribution in [0.25, 0.3) is 31.9 Å². The van der Waals surface area contributed by atoms with Crippen LogP contribution < -0.4 is 15.8 Å². The number of nitrogens with zero attached hydrogens (tertiary/aromatic N) is 3. The molecule has 0 spiro atoms. The van der Waals surface area contributed by atoms with Crippen molar-refractivity contribution in [1.29, 1.82) is 0 Å². The van der Waals surface area contributed by atoms with E-state index in [4.69, 9.17) is 16.0 Å². The van der Waals surface area contributed by atoms with Gasteiger partial charge in [0, 0.05) is 31.6 Å². The zero-order chi connectivity index (χ0) is 18.4. The van der Waals surface area contributed by atoms with Crippen LogP contribution in [0.3, 0.4) is 0 Å². The van der Waals surface area contributed by atoms with Gasteiger partial charge in [-0.1, -0.05) is 17.7 Å². The van der Waals surface area contributed by atoms with Crippen LogP contribution in [0.2, 0.25) is 5.02 Å². The Morgan fingerprint density at radius 2 is 1.96 bits per heavy atom. The van der Waals surface area contributed by atoms with Gasteiger partial charge >= 0.3 is 5.63 Å². The maximum absolute atomic E-state index is 12.6. The fourth-order valence-corrected chi connectivity index (χ4v) is 4.51. The number of hydrogen-bond donors (Lipinski definition) is 1. The van der Waals surface area contributed by atoms with Crippen LogP contribution in [0.5, 0.6) is 0 Å². The Hall–Kier alpha value is -2.19. The zero-order valence-electron chi connectivity index (χ0n) is 14.6. The van der Waals surface area contributed by atoms with Gasteiger partial charge in [-0.15, -0.1) is 23.7 Å². The van der Waals surface area contributed by atoms with Crippen molar-refractivity contribution in [3.05, 3.63) is 51.8 Å². The molecule has 5 rings (SSSR count). The monoisotopic (exact) mass is 434 g/mol. The van der Waals surface area contributed by atoms with Gasteiger partial charge in [-0.2, -0.15) is 4.98 Å². The number of para-hydroxylation sites is 1. The summed E-state index contributed by atoms with van der Waals surface area (Å²) < 4.78 is 6.46. The number of halogens is 2. The van der Waals surface area contributed by atoms with E-state index >= 15 is 0 Å². The molecule has 1 aromatic carbocycles. The van der Waals surface area contributed by atoms with E-state index in [1.165, 1.54) is 11.3 Å². The maximum Gasteiger partial charge on any atom is 0.347 e. The summed E-state index contributed by atoms with van der Waals surface area (Å²) in [6.07, 6.45) is 0. The van der Waals surface area contributed by atoms with Gasteiger partial charge < -0.3 is 14.6 Å². The first-order valence-corrected chi connectivity index (χ1v) is 9.84. The molecule has 1 saturated heterocycles. The molecule has 0 saturated carbocycles. The number of hydrogen-bond acceptors (Lipinski definition) is 7. The highest BCUT2D eigenvalue weighted by Crippen LogP contribution is 2.33. The Kier molecular flexibility index (Phi) is 5.25. The normalized spacial score (nSPS) is 14.4. The van der Waals surface area contributed by atoms with Gasteiger partial charge in [0.2, 0.25) is 5.71 Å². The first-order valence-electron chi connectivity index (χ1n) is 8.65. The third-order valence-corrected chi connectivity index (χ3v) is 5.98. The fourth-order valence-electron chi connectivity index (χ4n) is 3.24. The predicted molar refractivity (Wildman–Crippen MR) is 116 cm³/mol. The highest BCUT2D eigenvalue weighted by Gasteiger charge is 2.16. The molecule has 4 heterocycles. The van der Waals surface area contributed by atoms with Crippen molar-refractivity contribution >= 4 is 62.5 Å². The quantitative estimate of drug-likeness (QED) is 0.514. The Morgan fingerprint density at radius 3 is 2.75 bits per heavy atom. The second kappa shape index (κ2) is 7.67. The van der Waals surface area contributed by atoms with Crippen LogP contribution in [0.4, 0.5) is 5.82 Å². The Bertz CT molecular complexity index is 1220. The van der Waals surface area contributed by atoms with E-state index in [1.54, 1.807) is 12.1 Å². The Balaban J connectivity index is 0.00000192. The number of anilines is 1. The number of benzene rings is 1. The summed E-state index contributed by atoms with van der Waals surface area (Å²) in [6, 6.07) is 11.3. The van der Waals surface area contributed by atoms with Crippen LogP contribution in [-0.4, -0.2) is 36.1 Å². The van der Waals surface area contributed by atoms with E-state index in [1.807, 2.05) is 24.3 Å². The summed E-state index contributed by atoms with van der Waals surface area (Å²) in [6.45, 7) is 3.60. The molecule has 1 fully saturated rings. The number of aromatic nitrogens is 2. The molecule has 144 valence electrons. The van der Waals surface area contributed by atoms with Crippen molar-refractivity contribution in [3.63, 3.8) is 0 Å². The highest BCUT2D eigenvalue weighted by molar-refractivity contribution is 7.21. The first-order chi connectivity index (χ1) is 13.2. The molecule has 0 amide bonds. The molecule has 3 aromatic heterocycles. The molecule has 0 atom stereocenters. The summed E-state index contributed by atoms with van der Waals surface area (Å²) in [7, 11) is 0. The Labute approximate surface area is 175 Å². The van der Waals surface area contributed by atoms with E-state index in [0.717, 1.165) is 42.1 Å². The molecule has 1 N–H and O–H groups in total. The van der Waals surface area contributed by atoms with Crippen molar-refractivity contribution in [2.45, 2.75) is 0 Å². The van der Waals surface area contributed by atoms with Crippen LogP contribution in [0, 0.1) is 0 Å². The minimum absolute atomic E-state index is 0. The summed E-state index contributed by atoms with van der Waals surface area (Å²) in [4.78, 5) is 23.8. The molecular weight excluding hydrogens is 419 g/mol. The lowest BCUT2D eigenvalue weighted by atomic mass is 10.2. The second-order valence-corrected chi connectivity index (χ2v) is 7.79. The molecule has 9 heteroatoms. The van der Waals surface area contributed by atoms with E-state index in [0.29, 0.717) is 26.8 Å². The molecular formula is C19H16Cl2N4O2S. The number of thiazole rings is 1. The largest absolute Gasteiger partial charge is 0.403 e. The summed E-state index contributed by atoms with van der Waals surface area (Å²) in [5.74, 6) is 0.826. The number of fused-ring (bicyclic) bond motifs is 2. The lowest BCUT2D eigenvalue weighted by Gasteiger charge is -2.28. The molecule has 0 aliphatic carbocycles. The van der Waals surface area contributed by atoms with Crippen LogP contribution in [0.1, 0.15) is 0 Å². The average Bonchev–Trinajstić information content (AvgIpc) is 3.13. The van der Waals surface area contributed by atoms with Crippen LogP contribution in [0.15, 0.2) is 45.6 Å². The van der Waals surface area contributed by atoms with Gasteiger partial charge in [-0.25, -0.2) is 9.78 Å². The molecule has 28 heavy (non-hydrogen) atoms. The van der Waals surface area contributed by atoms with E-state index in [9.17, 15) is 4.79 Å². The number of nitrogens with one attached hydrogen (secondary N) is 1. The molecule has 0 radical (unpaired) electrons. The third-order valence-electron chi connectivity index (χ3n) is 4.63. The molecule has 0 bridgehead atoms. The van der Waals surface area contributed by atoms with E-state index in [-0.39, 0.29) is 12.4 Å². The smallest absolute Gasteiger partial charge is 0.347 e. The molecule has 4 aromatic rings. The van der Waals surface area contributed by atoms with Gasteiger partial charge in [0.15, 0.2) is 0 Å². The van der Waals surface area contributed by atoms with Gasteiger partial charge in [0.25, 0.3) is 0 Å². The fraction of sp³-hybridized carbons (Fsp3) is 0.211. The van der Waals surface area contributed by atoms with Crippen LogP contribution >= 0.6 is 35.3 Å². The van der Waals surface area contributed by atoms with E-state index in [2.05, 4.69) is 20.2 Å². The summed E-state index contributed by atoms with van der Waals surface area (Å²) in [5.41, 5.74) is 1.03. The Morgan fingerprint density at radius 1 is 1.14 bits per heavy atom. The lowest BCUT2D eigenvalue weighted by Crippen LogP contribution is -2.43. The van der Waals surface area contributed by atoms with Crippen molar-refractivity contribution in [2.75, 3.05) is 31.1 Å². The van der Waals surface area contributed by atoms with Crippen molar-refractivity contribution < 1.29 is 4.42 Å². The number of rotatable bonds is 2. The standard InChI is InChI=1S/C19H15ClN4O2S.ClH/c20-13-2-1-3-14-16(13)23-18(27-14)12-10-11-4-5-15(22-17(11)26-19(12)25)24-8-6-21-7-9-24;/h1-5,10,21H,6-9H2;1H. The van der Waals surface area contributed by atoms with Crippen molar-refractivity contribution in [1.82, 2.24) is 15.3 Å². The number of pyridine rings is 1. The van der Waals surface area contributed by atoms with Gasteiger partial charge in [0.1, 0.15) is 16.3 Å². The van der Waals surface area contributed by atoms with Crippen LogP contribution in [-0.2, 0) is 0 Å². The van der Waals surface area contributed by atoms with Gasteiger partial charge in [0.05, 0.1) is 15.3 Å². The van der Waals surface area contributed by atoms with E-state index < -0.39 is 5.63 Å². The van der Waals surface area contributed by atoms with Crippen molar-refractivity contribution in [2.24, 2.45) is 0 Å². The maximum atomic E-state index is 12.6. The SMILES string of the molecule is Cl.O=c1oc2nc(N3CCNCC3)ccc2cc1-c1nc2c(Cl)cccc2s1. The summed E-state index contributed by atoms with van der Waals surface area (Å²) >= 11 is 7.63. The first kappa shape index (κ1) is 19.1. The van der Waals surface area contributed by atoms with Gasteiger partial charge in [-0.3, -0.25) is 0 Å².